The Labute approximate surface area is 163 Å². The van der Waals surface area contributed by atoms with E-state index in [4.69, 9.17) is 5.73 Å². The number of phenols is 1. The van der Waals surface area contributed by atoms with Gasteiger partial charge < -0.3 is 10.8 Å². The molecule has 0 saturated carbocycles. The lowest BCUT2D eigenvalue weighted by Crippen LogP contribution is -2.13. The topological polar surface area (TPSA) is 109 Å². The van der Waals surface area contributed by atoms with Crippen molar-refractivity contribution in [3.63, 3.8) is 0 Å². The van der Waals surface area contributed by atoms with Crippen molar-refractivity contribution in [3.8, 4) is 5.75 Å². The van der Waals surface area contributed by atoms with Gasteiger partial charge in [-0.15, -0.1) is 0 Å². The van der Waals surface area contributed by atoms with Gasteiger partial charge >= 0.3 is 0 Å². The molecule has 0 radical (unpaired) electrons. The van der Waals surface area contributed by atoms with Crippen LogP contribution in [0, 0.1) is 0 Å². The summed E-state index contributed by atoms with van der Waals surface area (Å²) in [4.78, 5) is 12.3. The van der Waals surface area contributed by atoms with Gasteiger partial charge in [-0.25, -0.2) is 8.42 Å². The van der Waals surface area contributed by atoms with E-state index in [1.165, 1.54) is 42.5 Å². The quantitative estimate of drug-likeness (QED) is 0.336. The minimum atomic E-state index is -3.77. The first kappa shape index (κ1) is 19.2. The molecule has 0 unspecified atom stereocenters. The Bertz CT molecular complexity index is 1120. The van der Waals surface area contributed by atoms with Crippen LogP contribution in [-0.2, 0) is 10.0 Å². The zero-order valence-corrected chi connectivity index (χ0v) is 15.6. The molecule has 6 nitrogen and oxygen atoms in total. The Balaban J connectivity index is 1.70. The second-order valence-electron chi connectivity index (χ2n) is 6.04. The molecule has 3 aromatic rings. The number of hydrogen-bond donors (Lipinski definition) is 3. The molecule has 0 aliphatic heterocycles. The summed E-state index contributed by atoms with van der Waals surface area (Å²) in [6, 6.07) is 18.5. The van der Waals surface area contributed by atoms with Crippen LogP contribution >= 0.6 is 0 Å². The maximum Gasteiger partial charge on any atom is 0.261 e. The van der Waals surface area contributed by atoms with Crippen molar-refractivity contribution in [1.29, 1.82) is 0 Å². The van der Waals surface area contributed by atoms with Crippen LogP contribution in [0.5, 0.6) is 5.75 Å². The minimum absolute atomic E-state index is 0.0597. The second-order valence-corrected chi connectivity index (χ2v) is 7.73. The van der Waals surface area contributed by atoms with Gasteiger partial charge in [-0.1, -0.05) is 24.3 Å². The Morgan fingerprint density at radius 1 is 0.964 bits per heavy atom. The molecule has 0 fully saturated rings. The summed E-state index contributed by atoms with van der Waals surface area (Å²) >= 11 is 0. The Hall–Kier alpha value is -3.58. The van der Waals surface area contributed by atoms with Gasteiger partial charge in [0, 0.05) is 16.9 Å². The molecule has 0 amide bonds. The van der Waals surface area contributed by atoms with Crippen LogP contribution in [0.15, 0.2) is 83.8 Å². The third-order valence-electron chi connectivity index (χ3n) is 3.91. The number of sulfonamides is 1. The van der Waals surface area contributed by atoms with E-state index >= 15 is 0 Å². The lowest BCUT2D eigenvalue weighted by Gasteiger charge is -2.09. The minimum Gasteiger partial charge on any atom is -0.508 e. The van der Waals surface area contributed by atoms with Gasteiger partial charge in [0.1, 0.15) is 5.75 Å². The molecule has 0 aliphatic carbocycles. The number of rotatable bonds is 6. The number of anilines is 2. The molecule has 0 spiro atoms. The lowest BCUT2D eigenvalue weighted by atomic mass is 10.1. The summed E-state index contributed by atoms with van der Waals surface area (Å²) in [5.41, 5.74) is 7.51. The van der Waals surface area contributed by atoms with E-state index in [-0.39, 0.29) is 16.4 Å². The predicted molar refractivity (Wildman–Crippen MR) is 110 cm³/mol. The summed E-state index contributed by atoms with van der Waals surface area (Å²) in [7, 11) is -3.77. The van der Waals surface area contributed by atoms with Crippen molar-refractivity contribution in [1.82, 2.24) is 0 Å². The first-order chi connectivity index (χ1) is 13.3. The van der Waals surface area contributed by atoms with Crippen molar-refractivity contribution < 1.29 is 18.3 Å². The molecule has 0 aromatic heterocycles. The number of carbonyl (C=O) groups excluding carboxylic acids is 1. The number of benzene rings is 3. The Morgan fingerprint density at radius 2 is 1.64 bits per heavy atom. The number of nitrogens with one attached hydrogen (secondary N) is 1. The number of aromatic hydroxyl groups is 1. The van der Waals surface area contributed by atoms with Crippen LogP contribution in [0.4, 0.5) is 11.4 Å². The average molecular weight is 394 g/mol. The molecule has 0 bridgehead atoms. The monoisotopic (exact) mass is 394 g/mol. The molecule has 3 rings (SSSR count). The second kappa shape index (κ2) is 7.98. The van der Waals surface area contributed by atoms with Crippen LogP contribution in [0.2, 0.25) is 0 Å². The van der Waals surface area contributed by atoms with Crippen molar-refractivity contribution in [3.05, 3.63) is 90.0 Å². The van der Waals surface area contributed by atoms with E-state index in [1.54, 1.807) is 42.5 Å². The number of nitrogens with two attached hydrogens (primary N) is 1. The van der Waals surface area contributed by atoms with E-state index in [0.29, 0.717) is 16.9 Å². The highest BCUT2D eigenvalue weighted by Crippen LogP contribution is 2.19. The number of carbonyl (C=O) groups is 1. The number of hydrogen-bond acceptors (Lipinski definition) is 5. The summed E-state index contributed by atoms with van der Waals surface area (Å²) in [6.45, 7) is 0. The fraction of sp³-hybridized carbons (Fsp3) is 0. The number of phenolic OH excluding ortho intramolecular Hbond substituents is 1. The van der Waals surface area contributed by atoms with Crippen LogP contribution in [-0.4, -0.2) is 19.3 Å². The predicted octanol–water partition coefficient (Wildman–Crippen LogP) is 3.67. The zero-order valence-electron chi connectivity index (χ0n) is 14.7. The largest absolute Gasteiger partial charge is 0.508 e. The van der Waals surface area contributed by atoms with Crippen LogP contribution in [0.25, 0.3) is 6.08 Å². The standard InChI is InChI=1S/C21H18N2O4S/c22-17-2-1-3-20(14-17)28(26,27)23-18-9-7-16(8-10-18)21(25)13-6-15-4-11-19(24)12-5-15/h1-14,23-24H,22H2/b13-6+. The molecule has 0 saturated heterocycles. The molecule has 3 aromatic carbocycles. The average Bonchev–Trinajstić information content (AvgIpc) is 2.67. The highest BCUT2D eigenvalue weighted by Gasteiger charge is 2.14. The lowest BCUT2D eigenvalue weighted by molar-refractivity contribution is 0.104. The molecule has 0 atom stereocenters. The Morgan fingerprint density at radius 3 is 2.29 bits per heavy atom. The van der Waals surface area contributed by atoms with Crippen molar-refractivity contribution in [2.75, 3.05) is 10.5 Å². The summed E-state index contributed by atoms with van der Waals surface area (Å²) in [5, 5.41) is 9.26. The highest BCUT2D eigenvalue weighted by molar-refractivity contribution is 7.92. The molecule has 4 N–H and O–H groups in total. The number of allylic oxidation sites excluding steroid dienone is 1. The molecular weight excluding hydrogens is 376 g/mol. The molecule has 0 aliphatic rings. The molecule has 7 heteroatoms. The van der Waals surface area contributed by atoms with E-state index in [1.807, 2.05) is 0 Å². The van der Waals surface area contributed by atoms with E-state index in [0.717, 1.165) is 5.56 Å². The summed E-state index contributed by atoms with van der Waals surface area (Å²) in [5.74, 6) is -0.0713. The van der Waals surface area contributed by atoms with Gasteiger partial charge in [0.05, 0.1) is 4.90 Å². The van der Waals surface area contributed by atoms with Gasteiger partial charge in [0.25, 0.3) is 10.0 Å². The normalized spacial score (nSPS) is 11.4. The van der Waals surface area contributed by atoms with Crippen molar-refractivity contribution >= 4 is 33.3 Å². The van der Waals surface area contributed by atoms with E-state index in [9.17, 15) is 18.3 Å². The number of nitrogen functional groups attached to an aromatic ring is 1. The fourth-order valence-electron chi connectivity index (χ4n) is 2.45. The van der Waals surface area contributed by atoms with Crippen LogP contribution < -0.4 is 10.5 Å². The third kappa shape index (κ3) is 4.77. The Kier molecular flexibility index (Phi) is 5.47. The molecule has 142 valence electrons. The first-order valence-corrected chi connectivity index (χ1v) is 9.82. The SMILES string of the molecule is Nc1cccc(S(=O)(=O)Nc2ccc(C(=O)/C=C/c3ccc(O)cc3)cc2)c1. The van der Waals surface area contributed by atoms with Gasteiger partial charge in [-0.2, -0.15) is 0 Å². The van der Waals surface area contributed by atoms with Gasteiger partial charge in [-0.3, -0.25) is 9.52 Å². The molecule has 28 heavy (non-hydrogen) atoms. The smallest absolute Gasteiger partial charge is 0.261 e. The maximum absolute atomic E-state index is 12.4. The van der Waals surface area contributed by atoms with Crippen LogP contribution in [0.3, 0.4) is 0 Å². The zero-order chi connectivity index (χ0) is 20.1. The molecular formula is C21H18N2O4S. The van der Waals surface area contributed by atoms with E-state index < -0.39 is 10.0 Å². The third-order valence-corrected chi connectivity index (χ3v) is 5.29. The van der Waals surface area contributed by atoms with Gasteiger partial charge in [0.15, 0.2) is 5.78 Å². The van der Waals surface area contributed by atoms with Gasteiger partial charge in [-0.05, 0) is 66.2 Å². The van der Waals surface area contributed by atoms with Crippen molar-refractivity contribution in [2.24, 2.45) is 0 Å². The van der Waals surface area contributed by atoms with Gasteiger partial charge in [0.2, 0.25) is 0 Å². The van der Waals surface area contributed by atoms with E-state index in [2.05, 4.69) is 4.72 Å². The molecule has 0 heterocycles. The maximum atomic E-state index is 12.4. The summed E-state index contributed by atoms with van der Waals surface area (Å²) < 4.78 is 27.2. The number of ketones is 1. The summed E-state index contributed by atoms with van der Waals surface area (Å²) in [6.07, 6.45) is 3.05. The fourth-order valence-corrected chi connectivity index (χ4v) is 3.57. The van der Waals surface area contributed by atoms with Crippen molar-refractivity contribution in [2.45, 2.75) is 4.90 Å². The highest BCUT2D eigenvalue weighted by atomic mass is 32.2. The van der Waals surface area contributed by atoms with Crippen LogP contribution in [0.1, 0.15) is 15.9 Å². The first-order valence-electron chi connectivity index (χ1n) is 8.33.